The SMILES string of the molecule is [CH2][C@@H]1C[C@@H](Nc2ncncc2C(=O)c2cc([C@@H]3OCCc4ccc(Cl)cc43)c(Cl)s2)C[C@@H]1O. The Labute approximate surface area is 205 Å². The van der Waals surface area contributed by atoms with Gasteiger partial charge in [0.2, 0.25) is 5.78 Å². The number of fused-ring (bicyclic) bond motifs is 1. The minimum absolute atomic E-state index is 0.0108. The van der Waals surface area contributed by atoms with Gasteiger partial charge in [0.1, 0.15) is 18.2 Å². The van der Waals surface area contributed by atoms with E-state index >= 15 is 0 Å². The van der Waals surface area contributed by atoms with Gasteiger partial charge in [-0.05, 0) is 61.4 Å². The van der Waals surface area contributed by atoms with E-state index in [2.05, 4.69) is 22.2 Å². The molecule has 4 atom stereocenters. The Hall–Kier alpha value is -2.03. The van der Waals surface area contributed by atoms with Crippen molar-refractivity contribution in [2.75, 3.05) is 11.9 Å². The third-order valence-corrected chi connectivity index (χ3v) is 7.84. The Bertz CT molecular complexity index is 1190. The van der Waals surface area contributed by atoms with E-state index in [-0.39, 0.29) is 23.8 Å². The lowest BCUT2D eigenvalue weighted by Crippen LogP contribution is -2.20. The average molecular weight is 503 g/mol. The third kappa shape index (κ3) is 4.53. The molecule has 6 nitrogen and oxygen atoms in total. The lowest BCUT2D eigenvalue weighted by Gasteiger charge is -2.26. The van der Waals surface area contributed by atoms with Gasteiger partial charge in [-0.3, -0.25) is 4.79 Å². The Morgan fingerprint density at radius 1 is 1.24 bits per heavy atom. The van der Waals surface area contributed by atoms with Crippen LogP contribution in [-0.2, 0) is 11.2 Å². The summed E-state index contributed by atoms with van der Waals surface area (Å²) in [4.78, 5) is 22.2. The first-order valence-corrected chi connectivity index (χ1v) is 12.3. The molecule has 0 amide bonds. The summed E-state index contributed by atoms with van der Waals surface area (Å²) in [6, 6.07) is 7.56. The number of hydrogen-bond acceptors (Lipinski definition) is 7. The fraction of sp³-hybridized carbons (Fsp3) is 0.333. The Morgan fingerprint density at radius 2 is 2.09 bits per heavy atom. The largest absolute Gasteiger partial charge is 0.393 e. The van der Waals surface area contributed by atoms with Crippen molar-refractivity contribution in [2.45, 2.75) is 37.5 Å². The van der Waals surface area contributed by atoms with Crippen LogP contribution in [0.5, 0.6) is 0 Å². The van der Waals surface area contributed by atoms with Crippen molar-refractivity contribution in [3.8, 4) is 0 Å². The van der Waals surface area contributed by atoms with Crippen LogP contribution in [0.4, 0.5) is 5.82 Å². The molecule has 2 N–H and O–H groups in total. The molecule has 1 aliphatic heterocycles. The molecule has 0 saturated heterocycles. The number of aliphatic hydroxyl groups is 1. The number of benzene rings is 1. The Morgan fingerprint density at radius 3 is 2.88 bits per heavy atom. The molecule has 1 aromatic carbocycles. The highest BCUT2D eigenvalue weighted by Gasteiger charge is 2.32. The molecule has 1 saturated carbocycles. The normalized spacial score (nSPS) is 24.5. The zero-order valence-electron chi connectivity index (χ0n) is 17.6. The van der Waals surface area contributed by atoms with Crippen molar-refractivity contribution in [1.29, 1.82) is 0 Å². The summed E-state index contributed by atoms with van der Waals surface area (Å²) < 4.78 is 6.54. The number of ketones is 1. The number of nitrogens with zero attached hydrogens (tertiary/aromatic N) is 2. The van der Waals surface area contributed by atoms with Gasteiger partial charge in [-0.2, -0.15) is 0 Å². The number of nitrogens with one attached hydrogen (secondary N) is 1. The molecule has 171 valence electrons. The van der Waals surface area contributed by atoms with E-state index in [1.165, 1.54) is 23.9 Å². The van der Waals surface area contributed by atoms with Crippen LogP contribution in [0.15, 0.2) is 36.8 Å². The molecule has 1 radical (unpaired) electrons. The van der Waals surface area contributed by atoms with Crippen LogP contribution in [-0.4, -0.2) is 39.6 Å². The number of anilines is 1. The molecule has 0 unspecified atom stereocenters. The highest BCUT2D eigenvalue weighted by Crippen LogP contribution is 2.41. The molecule has 1 fully saturated rings. The molecular formula is C24H22Cl2N3O3S. The zero-order chi connectivity index (χ0) is 23.1. The van der Waals surface area contributed by atoms with E-state index in [0.29, 0.717) is 45.1 Å². The lowest BCUT2D eigenvalue weighted by molar-refractivity contribution is 0.0701. The maximum absolute atomic E-state index is 13.4. The lowest BCUT2D eigenvalue weighted by atomic mass is 9.94. The second kappa shape index (κ2) is 9.31. The number of carbonyl (C=O) groups is 1. The number of hydrogen-bond donors (Lipinski definition) is 2. The van der Waals surface area contributed by atoms with Gasteiger partial charge in [0, 0.05) is 22.8 Å². The first-order valence-electron chi connectivity index (χ1n) is 10.7. The minimum Gasteiger partial charge on any atom is -0.393 e. The molecule has 3 heterocycles. The standard InChI is InChI=1S/C24H22Cl2N3O3S/c1-12-6-15(8-19(12)30)29-24-18(10-27-11-28-24)21(31)20-9-17(23(26)33-20)22-16-7-14(25)3-2-13(16)4-5-32-22/h2-3,7,9-12,15,19,22,30H,1,4-6,8H2,(H,27,28,29)/t12-,15-,19+,22-/m1/s1. The van der Waals surface area contributed by atoms with Crippen molar-refractivity contribution in [3.05, 3.63) is 80.2 Å². The van der Waals surface area contributed by atoms with Crippen molar-refractivity contribution < 1.29 is 14.6 Å². The number of thiophene rings is 1. The van der Waals surface area contributed by atoms with Crippen LogP contribution in [0, 0.1) is 12.8 Å². The zero-order valence-corrected chi connectivity index (χ0v) is 20.0. The van der Waals surface area contributed by atoms with Crippen molar-refractivity contribution in [2.24, 2.45) is 5.92 Å². The average Bonchev–Trinajstić information content (AvgIpc) is 3.34. The van der Waals surface area contributed by atoms with E-state index in [1.54, 1.807) is 6.07 Å². The molecular weight excluding hydrogens is 481 g/mol. The maximum atomic E-state index is 13.4. The van der Waals surface area contributed by atoms with Crippen molar-refractivity contribution in [3.63, 3.8) is 0 Å². The third-order valence-electron chi connectivity index (χ3n) is 6.22. The molecule has 3 aromatic rings. The van der Waals surface area contributed by atoms with E-state index in [9.17, 15) is 9.90 Å². The molecule has 5 rings (SSSR count). The van der Waals surface area contributed by atoms with Gasteiger partial charge in [0.25, 0.3) is 0 Å². The number of ether oxygens (including phenoxy) is 1. The van der Waals surface area contributed by atoms with Crippen LogP contribution in [0.1, 0.15) is 50.9 Å². The first kappa shape index (κ1) is 22.7. The van der Waals surface area contributed by atoms with Crippen LogP contribution in [0.2, 0.25) is 9.36 Å². The summed E-state index contributed by atoms with van der Waals surface area (Å²) in [6.45, 7) is 4.54. The number of carbonyl (C=O) groups excluding carboxylic acids is 1. The molecule has 0 bridgehead atoms. The quantitative estimate of drug-likeness (QED) is 0.470. The van der Waals surface area contributed by atoms with Gasteiger partial charge in [0.05, 0.1) is 27.5 Å². The van der Waals surface area contributed by atoms with E-state index in [4.69, 9.17) is 27.9 Å². The number of halogens is 2. The predicted molar refractivity (Wildman–Crippen MR) is 129 cm³/mol. The van der Waals surface area contributed by atoms with Gasteiger partial charge in [-0.1, -0.05) is 29.3 Å². The highest BCUT2D eigenvalue weighted by molar-refractivity contribution is 7.18. The van der Waals surface area contributed by atoms with Crippen molar-refractivity contribution >= 4 is 46.1 Å². The Kier molecular flexibility index (Phi) is 6.42. The van der Waals surface area contributed by atoms with E-state index in [1.807, 2.05) is 18.2 Å². The van der Waals surface area contributed by atoms with Gasteiger partial charge in [-0.25, -0.2) is 9.97 Å². The molecule has 2 aromatic heterocycles. The molecule has 2 aliphatic rings. The van der Waals surface area contributed by atoms with Crippen LogP contribution < -0.4 is 5.32 Å². The fourth-order valence-corrected chi connectivity index (χ4v) is 5.95. The number of aliphatic hydroxyl groups excluding tert-OH is 1. The molecule has 33 heavy (non-hydrogen) atoms. The van der Waals surface area contributed by atoms with Gasteiger partial charge >= 0.3 is 0 Å². The van der Waals surface area contributed by atoms with Gasteiger partial charge < -0.3 is 15.2 Å². The van der Waals surface area contributed by atoms with Gasteiger partial charge in [0.15, 0.2) is 0 Å². The monoisotopic (exact) mass is 502 g/mol. The van der Waals surface area contributed by atoms with E-state index < -0.39 is 6.10 Å². The first-order chi connectivity index (χ1) is 15.9. The van der Waals surface area contributed by atoms with Crippen LogP contribution in [0.3, 0.4) is 0 Å². The Balaban J connectivity index is 1.43. The van der Waals surface area contributed by atoms with Crippen LogP contribution >= 0.6 is 34.5 Å². The summed E-state index contributed by atoms with van der Waals surface area (Å²) in [7, 11) is 0. The van der Waals surface area contributed by atoms with Gasteiger partial charge in [-0.15, -0.1) is 11.3 Å². The highest BCUT2D eigenvalue weighted by atomic mass is 35.5. The topological polar surface area (TPSA) is 84.3 Å². The number of rotatable bonds is 5. The summed E-state index contributed by atoms with van der Waals surface area (Å²) in [5.74, 6) is 0.176. The van der Waals surface area contributed by atoms with Crippen LogP contribution in [0.25, 0.3) is 0 Å². The number of aromatic nitrogens is 2. The second-order valence-electron chi connectivity index (χ2n) is 8.44. The van der Waals surface area contributed by atoms with Crippen molar-refractivity contribution in [1.82, 2.24) is 9.97 Å². The summed E-state index contributed by atoms with van der Waals surface area (Å²) in [5, 5.41) is 13.9. The van der Waals surface area contributed by atoms with E-state index in [0.717, 1.165) is 23.1 Å². The predicted octanol–water partition coefficient (Wildman–Crippen LogP) is 5.12. The summed E-state index contributed by atoms with van der Waals surface area (Å²) in [5.41, 5.74) is 3.24. The maximum Gasteiger partial charge on any atom is 0.208 e. The smallest absolute Gasteiger partial charge is 0.208 e. The minimum atomic E-state index is -0.464. The molecule has 1 aliphatic carbocycles. The summed E-state index contributed by atoms with van der Waals surface area (Å²) in [6.07, 6.45) is 4.12. The second-order valence-corrected chi connectivity index (χ2v) is 10.5. The fourth-order valence-electron chi connectivity index (χ4n) is 4.50. The molecule has 0 spiro atoms. The summed E-state index contributed by atoms with van der Waals surface area (Å²) >= 11 is 14.0. The molecule has 9 heteroatoms.